The van der Waals surface area contributed by atoms with E-state index >= 15 is 0 Å². The van der Waals surface area contributed by atoms with Crippen LogP contribution in [0.25, 0.3) is 0 Å². The van der Waals surface area contributed by atoms with Gasteiger partial charge in [-0.05, 0) is 32.6 Å². The molecule has 2 heterocycles. The van der Waals surface area contributed by atoms with Crippen LogP contribution in [0.15, 0.2) is 0 Å². The lowest BCUT2D eigenvalue weighted by atomic mass is 10.0. The van der Waals surface area contributed by atoms with Gasteiger partial charge in [0.15, 0.2) is 0 Å². The van der Waals surface area contributed by atoms with Gasteiger partial charge in [-0.3, -0.25) is 4.79 Å². The first kappa shape index (κ1) is 14.0. The van der Waals surface area contributed by atoms with Gasteiger partial charge in [-0.25, -0.2) is 8.42 Å². The van der Waals surface area contributed by atoms with Crippen molar-refractivity contribution in [3.63, 3.8) is 0 Å². The molecule has 18 heavy (non-hydrogen) atoms. The highest BCUT2D eigenvalue weighted by atomic mass is 32.2. The summed E-state index contributed by atoms with van der Waals surface area (Å²) in [5.74, 6) is -0.0367. The van der Waals surface area contributed by atoms with Gasteiger partial charge in [0.1, 0.15) is 5.78 Å². The van der Waals surface area contributed by atoms with Crippen LogP contribution in [-0.4, -0.2) is 49.6 Å². The second kappa shape index (κ2) is 5.67. The third-order valence-corrected chi connectivity index (χ3v) is 6.24. The van der Waals surface area contributed by atoms with E-state index in [1.54, 1.807) is 0 Å². The first-order valence-corrected chi connectivity index (χ1v) is 8.12. The first-order chi connectivity index (χ1) is 8.53. The lowest BCUT2D eigenvalue weighted by Crippen LogP contribution is -2.51. The number of Topliss-reactive ketones (excluding diaryl/α,β-unsaturated/α-hetero) is 1. The molecule has 0 amide bonds. The van der Waals surface area contributed by atoms with E-state index in [1.165, 1.54) is 11.2 Å². The second-order valence-electron chi connectivity index (χ2n) is 5.09. The van der Waals surface area contributed by atoms with E-state index in [4.69, 9.17) is 4.74 Å². The molecule has 0 N–H and O–H groups in total. The van der Waals surface area contributed by atoms with Crippen LogP contribution in [0.3, 0.4) is 0 Å². The van der Waals surface area contributed by atoms with Crippen LogP contribution in [0, 0.1) is 0 Å². The van der Waals surface area contributed by atoms with Crippen molar-refractivity contribution in [3.8, 4) is 0 Å². The highest BCUT2D eigenvalue weighted by molar-refractivity contribution is 7.89. The Morgan fingerprint density at radius 3 is 2.44 bits per heavy atom. The zero-order valence-electron chi connectivity index (χ0n) is 10.8. The monoisotopic (exact) mass is 275 g/mol. The second-order valence-corrected chi connectivity index (χ2v) is 7.26. The summed E-state index contributed by atoms with van der Waals surface area (Å²) in [5.41, 5.74) is 0. The molecule has 0 aliphatic carbocycles. The van der Waals surface area contributed by atoms with Crippen LogP contribution in [-0.2, 0) is 19.6 Å². The number of carbonyl (C=O) groups is 1. The number of sulfonamides is 1. The van der Waals surface area contributed by atoms with Crippen molar-refractivity contribution in [1.29, 1.82) is 0 Å². The van der Waals surface area contributed by atoms with E-state index in [-0.39, 0.29) is 11.0 Å². The zero-order valence-corrected chi connectivity index (χ0v) is 11.6. The van der Waals surface area contributed by atoms with Crippen molar-refractivity contribution in [2.45, 2.75) is 50.3 Å². The lowest BCUT2D eigenvalue weighted by Gasteiger charge is -2.36. The van der Waals surface area contributed by atoms with Gasteiger partial charge < -0.3 is 4.74 Å². The first-order valence-electron chi connectivity index (χ1n) is 6.62. The number of rotatable bonds is 3. The molecule has 2 aliphatic rings. The van der Waals surface area contributed by atoms with Crippen LogP contribution in [0.2, 0.25) is 0 Å². The molecule has 104 valence electrons. The van der Waals surface area contributed by atoms with Gasteiger partial charge in [0.2, 0.25) is 10.0 Å². The standard InChI is InChI=1S/C12H21NO4S/c1-10(14)12-4-2-3-7-13(12)18(15,16)11-5-8-17-9-6-11/h11-12H,2-9H2,1H3. The fourth-order valence-electron chi connectivity index (χ4n) is 2.78. The molecule has 1 atom stereocenters. The van der Waals surface area contributed by atoms with E-state index in [2.05, 4.69) is 0 Å². The summed E-state index contributed by atoms with van der Waals surface area (Å²) >= 11 is 0. The molecule has 2 rings (SSSR count). The van der Waals surface area contributed by atoms with Crippen molar-refractivity contribution in [2.24, 2.45) is 0 Å². The highest BCUT2D eigenvalue weighted by Crippen LogP contribution is 2.27. The van der Waals surface area contributed by atoms with Crippen LogP contribution >= 0.6 is 0 Å². The van der Waals surface area contributed by atoms with Gasteiger partial charge >= 0.3 is 0 Å². The molecule has 1 unspecified atom stereocenters. The molecule has 0 aromatic rings. The molecular weight excluding hydrogens is 254 g/mol. The topological polar surface area (TPSA) is 63.7 Å². The summed E-state index contributed by atoms with van der Waals surface area (Å²) < 4.78 is 31.8. The molecule has 0 aromatic heterocycles. The number of ketones is 1. The number of piperidine rings is 1. The molecule has 2 fully saturated rings. The summed E-state index contributed by atoms with van der Waals surface area (Å²) in [5, 5.41) is -0.369. The zero-order chi connectivity index (χ0) is 13.2. The van der Waals surface area contributed by atoms with Crippen LogP contribution in [0.4, 0.5) is 0 Å². The number of hydrogen-bond acceptors (Lipinski definition) is 4. The summed E-state index contributed by atoms with van der Waals surface area (Å²) in [6, 6.07) is -0.438. The van der Waals surface area contributed by atoms with Crippen LogP contribution < -0.4 is 0 Å². The van der Waals surface area contributed by atoms with Crippen molar-refractivity contribution >= 4 is 15.8 Å². The maximum absolute atomic E-state index is 12.6. The third kappa shape index (κ3) is 2.75. The number of hydrogen-bond donors (Lipinski definition) is 0. The Morgan fingerprint density at radius 2 is 1.83 bits per heavy atom. The fraction of sp³-hybridized carbons (Fsp3) is 0.917. The minimum absolute atomic E-state index is 0.0367. The number of nitrogens with zero attached hydrogens (tertiary/aromatic N) is 1. The van der Waals surface area contributed by atoms with E-state index in [0.29, 0.717) is 39.0 Å². The Labute approximate surface area is 109 Å². The van der Waals surface area contributed by atoms with Crippen LogP contribution in [0.1, 0.15) is 39.0 Å². The lowest BCUT2D eigenvalue weighted by molar-refractivity contribution is -0.121. The van der Waals surface area contributed by atoms with Gasteiger partial charge in [-0.1, -0.05) is 6.42 Å². The normalized spacial score (nSPS) is 28.2. The van der Waals surface area contributed by atoms with Crippen molar-refractivity contribution in [3.05, 3.63) is 0 Å². The van der Waals surface area contributed by atoms with Gasteiger partial charge in [-0.15, -0.1) is 0 Å². The number of carbonyl (C=O) groups excluding carboxylic acids is 1. The Morgan fingerprint density at radius 1 is 1.17 bits per heavy atom. The van der Waals surface area contributed by atoms with Crippen molar-refractivity contribution in [1.82, 2.24) is 4.31 Å². The van der Waals surface area contributed by atoms with Gasteiger partial charge in [0, 0.05) is 19.8 Å². The third-order valence-electron chi connectivity index (χ3n) is 3.84. The average Bonchev–Trinajstić information content (AvgIpc) is 2.39. The molecule has 2 saturated heterocycles. The molecule has 2 aliphatic heterocycles. The Bertz CT molecular complexity index is 400. The van der Waals surface area contributed by atoms with Crippen molar-refractivity contribution in [2.75, 3.05) is 19.8 Å². The molecule has 0 saturated carbocycles. The van der Waals surface area contributed by atoms with Gasteiger partial charge in [0.25, 0.3) is 0 Å². The summed E-state index contributed by atoms with van der Waals surface area (Å²) in [6.07, 6.45) is 3.54. The van der Waals surface area contributed by atoms with Gasteiger partial charge in [0.05, 0.1) is 11.3 Å². The maximum Gasteiger partial charge on any atom is 0.217 e. The Hall–Kier alpha value is -0.460. The molecule has 0 aromatic carbocycles. The van der Waals surface area contributed by atoms with Crippen LogP contribution in [0.5, 0.6) is 0 Å². The molecule has 5 nitrogen and oxygen atoms in total. The number of ether oxygens (including phenoxy) is 1. The maximum atomic E-state index is 12.6. The minimum atomic E-state index is -3.35. The highest BCUT2D eigenvalue weighted by Gasteiger charge is 2.39. The fourth-order valence-corrected chi connectivity index (χ4v) is 4.94. The van der Waals surface area contributed by atoms with E-state index in [0.717, 1.165) is 12.8 Å². The largest absolute Gasteiger partial charge is 0.381 e. The molecule has 0 bridgehead atoms. The predicted molar refractivity (Wildman–Crippen MR) is 67.8 cm³/mol. The average molecular weight is 275 g/mol. The quantitative estimate of drug-likeness (QED) is 0.769. The van der Waals surface area contributed by atoms with E-state index < -0.39 is 16.1 Å². The minimum Gasteiger partial charge on any atom is -0.381 e. The molecule has 6 heteroatoms. The summed E-state index contributed by atoms with van der Waals surface area (Å²) in [6.45, 7) is 2.98. The Kier molecular flexibility index (Phi) is 4.40. The van der Waals surface area contributed by atoms with Gasteiger partial charge in [-0.2, -0.15) is 4.31 Å². The summed E-state index contributed by atoms with van der Waals surface area (Å²) in [7, 11) is -3.35. The molecule has 0 radical (unpaired) electrons. The molecular formula is C12H21NO4S. The predicted octanol–water partition coefficient (Wildman–Crippen LogP) is 0.939. The smallest absolute Gasteiger partial charge is 0.217 e. The van der Waals surface area contributed by atoms with E-state index in [1.807, 2.05) is 0 Å². The SMILES string of the molecule is CC(=O)C1CCCCN1S(=O)(=O)C1CCOCC1. The van der Waals surface area contributed by atoms with Crippen molar-refractivity contribution < 1.29 is 17.9 Å². The summed E-state index contributed by atoms with van der Waals surface area (Å²) in [4.78, 5) is 11.6. The molecule has 0 spiro atoms. The Balaban J connectivity index is 2.18. The van der Waals surface area contributed by atoms with E-state index in [9.17, 15) is 13.2 Å².